The molecule has 15 unspecified atom stereocenters. The van der Waals surface area contributed by atoms with E-state index >= 15 is 0 Å². The zero-order chi connectivity index (χ0) is 28.0. The molecule has 3 fully saturated rings. The maximum atomic E-state index is 10.4. The number of hydrogen-bond acceptors (Lipinski definition) is 15. The summed E-state index contributed by atoms with van der Waals surface area (Å²) in [6.45, 7) is -1.14. The third kappa shape index (κ3) is 7.33. The first-order valence-corrected chi connectivity index (χ1v) is 12.1. The van der Waals surface area contributed by atoms with E-state index in [2.05, 4.69) is 4.74 Å². The lowest BCUT2D eigenvalue weighted by atomic mass is 9.71. The third-order valence-corrected chi connectivity index (χ3v) is 7.45. The van der Waals surface area contributed by atoms with E-state index in [0.29, 0.717) is 6.42 Å². The minimum atomic E-state index is -1.57. The van der Waals surface area contributed by atoms with Crippen LogP contribution in [0.4, 0.5) is 0 Å². The van der Waals surface area contributed by atoms with Crippen molar-refractivity contribution >= 4 is 0 Å². The number of methoxy groups -OCH3 is 2. The Balaban J connectivity index is 0.000000335. The summed E-state index contributed by atoms with van der Waals surface area (Å²) in [5.74, 6) is -0.916. The lowest BCUT2D eigenvalue weighted by Gasteiger charge is -2.46. The molecule has 0 spiro atoms. The molecular formula is C22H42O15. The van der Waals surface area contributed by atoms with Gasteiger partial charge >= 0.3 is 0 Å². The van der Waals surface area contributed by atoms with Gasteiger partial charge in [0.2, 0.25) is 0 Å². The monoisotopic (exact) mass is 546 g/mol. The van der Waals surface area contributed by atoms with Crippen LogP contribution in [0.25, 0.3) is 0 Å². The average molecular weight is 547 g/mol. The van der Waals surface area contributed by atoms with Crippen molar-refractivity contribution in [2.75, 3.05) is 34.0 Å². The Labute approximate surface area is 214 Å². The average Bonchev–Trinajstić information content (AvgIpc) is 2.90. The first-order chi connectivity index (χ1) is 17.5. The molecule has 0 radical (unpaired) electrons. The van der Waals surface area contributed by atoms with E-state index in [0.717, 1.165) is 0 Å². The minimum Gasteiger partial charge on any atom is -0.396 e. The molecule has 0 bridgehead atoms. The molecule has 2 aliphatic heterocycles. The molecule has 15 atom stereocenters. The Morgan fingerprint density at radius 3 is 1.70 bits per heavy atom. The molecule has 2 saturated heterocycles. The highest BCUT2D eigenvalue weighted by Crippen LogP contribution is 2.38. The molecule has 15 nitrogen and oxygen atoms in total. The highest BCUT2D eigenvalue weighted by Gasteiger charge is 2.49. The molecule has 220 valence electrons. The molecule has 0 aromatic heterocycles. The molecule has 2 heterocycles. The number of ether oxygens (including phenoxy) is 4. The molecule has 37 heavy (non-hydrogen) atoms. The predicted octanol–water partition coefficient (Wildman–Crippen LogP) is -5.98. The van der Waals surface area contributed by atoms with Gasteiger partial charge in [0.15, 0.2) is 6.29 Å². The second-order valence-corrected chi connectivity index (χ2v) is 9.63. The van der Waals surface area contributed by atoms with E-state index < -0.39 is 98.7 Å². The molecule has 1 saturated carbocycles. The standard InChI is InChI=1S/C16H30O9.C6H12O6/c1-23-9-3-7(5-17)8(12(19)13(9)20)4-10-14(21)15(22)16(24-2)11(6-18)25-10;7-1-2-3(8)4(9)5(10)6(11)12-2/h7-22H,3-6H2,1-2H3;2-11H,1H2. The Morgan fingerprint density at radius 1 is 0.595 bits per heavy atom. The van der Waals surface area contributed by atoms with Crippen LogP contribution in [0.5, 0.6) is 0 Å². The topological polar surface area (TPSA) is 259 Å². The van der Waals surface area contributed by atoms with Gasteiger partial charge in [-0.2, -0.15) is 0 Å². The van der Waals surface area contributed by atoms with Gasteiger partial charge in [-0.25, -0.2) is 0 Å². The minimum absolute atomic E-state index is 0.102. The Morgan fingerprint density at radius 2 is 1.19 bits per heavy atom. The molecule has 11 N–H and O–H groups in total. The Kier molecular flexibility index (Phi) is 12.9. The van der Waals surface area contributed by atoms with Crippen molar-refractivity contribution in [3.05, 3.63) is 0 Å². The van der Waals surface area contributed by atoms with E-state index in [4.69, 9.17) is 39.7 Å². The Hall–Kier alpha value is -0.600. The van der Waals surface area contributed by atoms with Crippen molar-refractivity contribution in [1.29, 1.82) is 0 Å². The quantitative estimate of drug-likeness (QED) is 0.142. The number of aliphatic hydroxyl groups is 11. The Bertz CT molecular complexity index is 649. The van der Waals surface area contributed by atoms with Gasteiger partial charge in [0.25, 0.3) is 0 Å². The highest BCUT2D eigenvalue weighted by atomic mass is 16.6. The first kappa shape index (κ1) is 32.6. The van der Waals surface area contributed by atoms with Crippen LogP contribution in [0.1, 0.15) is 12.8 Å². The molecule has 3 aliphatic rings. The molecule has 0 aromatic carbocycles. The van der Waals surface area contributed by atoms with Gasteiger partial charge < -0.3 is 75.1 Å². The van der Waals surface area contributed by atoms with Crippen LogP contribution in [0, 0.1) is 11.8 Å². The summed E-state index contributed by atoms with van der Waals surface area (Å²) >= 11 is 0. The maximum absolute atomic E-state index is 10.4. The summed E-state index contributed by atoms with van der Waals surface area (Å²) in [7, 11) is 2.78. The predicted molar refractivity (Wildman–Crippen MR) is 121 cm³/mol. The van der Waals surface area contributed by atoms with Crippen molar-refractivity contribution < 1.29 is 75.1 Å². The van der Waals surface area contributed by atoms with Crippen molar-refractivity contribution in [3.63, 3.8) is 0 Å². The summed E-state index contributed by atoms with van der Waals surface area (Å²) in [5, 5.41) is 105. The normalized spacial score (nSPS) is 48.7. The van der Waals surface area contributed by atoms with Gasteiger partial charge in [-0.1, -0.05) is 0 Å². The fourth-order valence-electron chi connectivity index (χ4n) is 5.14. The zero-order valence-electron chi connectivity index (χ0n) is 20.7. The van der Waals surface area contributed by atoms with Crippen molar-refractivity contribution in [2.24, 2.45) is 11.8 Å². The molecule has 15 heteroatoms. The van der Waals surface area contributed by atoms with Crippen LogP contribution in [0.3, 0.4) is 0 Å². The van der Waals surface area contributed by atoms with Gasteiger partial charge in [-0.15, -0.1) is 0 Å². The smallest absolute Gasteiger partial charge is 0.184 e. The lowest BCUT2D eigenvalue weighted by molar-refractivity contribution is -0.286. The van der Waals surface area contributed by atoms with Gasteiger partial charge in [-0.3, -0.25) is 0 Å². The van der Waals surface area contributed by atoms with Crippen LogP contribution in [0.15, 0.2) is 0 Å². The van der Waals surface area contributed by atoms with Gasteiger partial charge in [0.05, 0.1) is 31.5 Å². The second kappa shape index (κ2) is 14.7. The number of hydrogen-bond donors (Lipinski definition) is 11. The fourth-order valence-corrected chi connectivity index (χ4v) is 5.14. The maximum Gasteiger partial charge on any atom is 0.184 e. The lowest BCUT2D eigenvalue weighted by Crippen LogP contribution is -2.61. The van der Waals surface area contributed by atoms with E-state index in [-0.39, 0.29) is 18.9 Å². The second-order valence-electron chi connectivity index (χ2n) is 9.63. The third-order valence-electron chi connectivity index (χ3n) is 7.45. The van der Waals surface area contributed by atoms with Gasteiger partial charge in [-0.05, 0) is 24.7 Å². The fraction of sp³-hybridized carbons (Fsp3) is 1.00. The summed E-state index contributed by atoms with van der Waals surface area (Å²) < 4.78 is 20.5. The molecular weight excluding hydrogens is 504 g/mol. The molecule has 1 aliphatic carbocycles. The molecule has 0 aromatic rings. The summed E-state index contributed by atoms with van der Waals surface area (Å²) in [5.41, 5.74) is 0. The zero-order valence-corrected chi connectivity index (χ0v) is 20.7. The summed E-state index contributed by atoms with van der Waals surface area (Å²) in [6.07, 6.45) is -14.6. The van der Waals surface area contributed by atoms with Crippen LogP contribution < -0.4 is 0 Å². The van der Waals surface area contributed by atoms with Crippen molar-refractivity contribution in [1.82, 2.24) is 0 Å². The van der Waals surface area contributed by atoms with Gasteiger partial charge in [0, 0.05) is 20.8 Å². The van der Waals surface area contributed by atoms with E-state index in [1.165, 1.54) is 14.2 Å². The molecule has 3 rings (SSSR count). The van der Waals surface area contributed by atoms with E-state index in [1.54, 1.807) is 0 Å². The summed E-state index contributed by atoms with van der Waals surface area (Å²) in [4.78, 5) is 0. The van der Waals surface area contributed by atoms with Crippen molar-refractivity contribution in [2.45, 2.75) is 92.4 Å². The largest absolute Gasteiger partial charge is 0.396 e. The first-order valence-electron chi connectivity index (χ1n) is 12.1. The SMILES string of the molecule is COC1CC(CO)C(CC2OC(CO)C(OC)C(O)C2O)C(O)C1O.OCC1OC(O)C(O)C(O)C1O. The van der Waals surface area contributed by atoms with Gasteiger partial charge in [0.1, 0.15) is 54.9 Å². The van der Waals surface area contributed by atoms with Crippen LogP contribution in [0.2, 0.25) is 0 Å². The van der Waals surface area contributed by atoms with Crippen LogP contribution in [-0.2, 0) is 18.9 Å². The molecule has 0 amide bonds. The van der Waals surface area contributed by atoms with E-state index in [1.807, 2.05) is 0 Å². The summed E-state index contributed by atoms with van der Waals surface area (Å²) in [6, 6.07) is 0. The highest BCUT2D eigenvalue weighted by molar-refractivity contribution is 4.98. The van der Waals surface area contributed by atoms with Crippen LogP contribution in [-0.4, -0.2) is 170 Å². The van der Waals surface area contributed by atoms with Crippen LogP contribution >= 0.6 is 0 Å². The number of rotatable bonds is 7. The van der Waals surface area contributed by atoms with E-state index in [9.17, 15) is 30.6 Å². The van der Waals surface area contributed by atoms with Crippen molar-refractivity contribution in [3.8, 4) is 0 Å². The number of aliphatic hydroxyl groups excluding tert-OH is 11.